The van der Waals surface area contributed by atoms with Crippen LogP contribution in [0.25, 0.3) is 0 Å². The topological polar surface area (TPSA) is 65.5 Å². The number of aromatic nitrogens is 1. The molecular formula is C17H23ClN4O2. The number of hydrogen-bond donors (Lipinski definition) is 1. The lowest BCUT2D eigenvalue weighted by atomic mass is 9.95. The fourth-order valence-electron chi connectivity index (χ4n) is 3.37. The molecule has 0 radical (unpaired) electrons. The Balaban J connectivity index is 1.42. The maximum Gasteiger partial charge on any atom is 0.239 e. The summed E-state index contributed by atoms with van der Waals surface area (Å²) in [5.41, 5.74) is 0. The fraction of sp³-hybridized carbons (Fsp3) is 0.588. The van der Waals surface area contributed by atoms with Crippen LogP contribution >= 0.6 is 11.6 Å². The van der Waals surface area contributed by atoms with Crippen LogP contribution in [0, 0.1) is 5.92 Å². The quantitative estimate of drug-likeness (QED) is 0.902. The molecule has 130 valence electrons. The van der Waals surface area contributed by atoms with Gasteiger partial charge in [-0.25, -0.2) is 4.98 Å². The van der Waals surface area contributed by atoms with E-state index in [2.05, 4.69) is 15.2 Å². The zero-order valence-electron chi connectivity index (χ0n) is 13.7. The van der Waals surface area contributed by atoms with Crippen molar-refractivity contribution in [3.63, 3.8) is 0 Å². The van der Waals surface area contributed by atoms with Gasteiger partial charge >= 0.3 is 0 Å². The molecule has 0 aromatic carbocycles. The Labute approximate surface area is 147 Å². The fourth-order valence-corrected chi connectivity index (χ4v) is 3.48. The molecule has 0 atom stereocenters. The van der Waals surface area contributed by atoms with E-state index in [1.165, 1.54) is 6.20 Å². The maximum absolute atomic E-state index is 12.4. The molecule has 1 N–H and O–H groups in total. The van der Waals surface area contributed by atoms with Crippen molar-refractivity contribution in [2.45, 2.75) is 25.7 Å². The molecule has 6 nitrogen and oxygen atoms in total. The molecular weight excluding hydrogens is 328 g/mol. The molecule has 2 fully saturated rings. The SMILES string of the molecule is O=C(CN1CCC(C(=O)N2CCCC2)CC1)Nc1ccc(Cl)cn1. The van der Waals surface area contributed by atoms with Crippen molar-refractivity contribution < 1.29 is 9.59 Å². The molecule has 2 aliphatic rings. The van der Waals surface area contributed by atoms with Gasteiger partial charge in [-0.1, -0.05) is 11.6 Å². The van der Waals surface area contributed by atoms with Crippen LogP contribution in [-0.4, -0.2) is 59.3 Å². The zero-order valence-corrected chi connectivity index (χ0v) is 14.5. The first-order valence-corrected chi connectivity index (χ1v) is 8.92. The molecule has 0 bridgehead atoms. The van der Waals surface area contributed by atoms with Gasteiger partial charge in [-0.05, 0) is 50.9 Å². The predicted molar refractivity (Wildman–Crippen MR) is 92.9 cm³/mol. The van der Waals surface area contributed by atoms with Crippen molar-refractivity contribution in [2.75, 3.05) is 38.0 Å². The van der Waals surface area contributed by atoms with Gasteiger partial charge < -0.3 is 10.2 Å². The van der Waals surface area contributed by atoms with Gasteiger partial charge in [0, 0.05) is 25.2 Å². The lowest BCUT2D eigenvalue weighted by Gasteiger charge is -2.32. The highest BCUT2D eigenvalue weighted by Gasteiger charge is 2.30. The monoisotopic (exact) mass is 350 g/mol. The minimum atomic E-state index is -0.0888. The number of pyridine rings is 1. The summed E-state index contributed by atoms with van der Waals surface area (Å²) in [6.07, 6.45) is 5.43. The number of carbonyl (C=O) groups is 2. The van der Waals surface area contributed by atoms with Crippen molar-refractivity contribution in [3.05, 3.63) is 23.4 Å². The Bertz CT molecular complexity index is 579. The molecule has 24 heavy (non-hydrogen) atoms. The number of nitrogens with one attached hydrogen (secondary N) is 1. The first-order chi connectivity index (χ1) is 11.6. The van der Waals surface area contributed by atoms with E-state index in [0.29, 0.717) is 23.3 Å². The highest BCUT2D eigenvalue weighted by molar-refractivity contribution is 6.30. The van der Waals surface area contributed by atoms with Crippen molar-refractivity contribution in [1.82, 2.24) is 14.8 Å². The number of hydrogen-bond acceptors (Lipinski definition) is 4. The molecule has 2 saturated heterocycles. The Kier molecular flexibility index (Phi) is 5.68. The summed E-state index contributed by atoms with van der Waals surface area (Å²) in [5, 5.41) is 3.31. The van der Waals surface area contributed by atoms with Crippen molar-refractivity contribution in [1.29, 1.82) is 0 Å². The molecule has 0 spiro atoms. The molecule has 2 amide bonds. The highest BCUT2D eigenvalue weighted by Crippen LogP contribution is 2.22. The summed E-state index contributed by atoms with van der Waals surface area (Å²) < 4.78 is 0. The summed E-state index contributed by atoms with van der Waals surface area (Å²) in [6.45, 7) is 3.72. The van der Waals surface area contributed by atoms with Crippen LogP contribution in [0.3, 0.4) is 0 Å². The molecule has 7 heteroatoms. The number of carbonyl (C=O) groups excluding carboxylic acids is 2. The number of rotatable bonds is 4. The van der Waals surface area contributed by atoms with E-state index in [0.717, 1.165) is 51.9 Å². The summed E-state index contributed by atoms with van der Waals surface area (Å²) in [6, 6.07) is 3.38. The van der Waals surface area contributed by atoms with Gasteiger partial charge in [0.05, 0.1) is 11.6 Å². The molecule has 0 saturated carbocycles. The van der Waals surface area contributed by atoms with Crippen molar-refractivity contribution in [3.8, 4) is 0 Å². The Morgan fingerprint density at radius 3 is 2.50 bits per heavy atom. The van der Waals surface area contributed by atoms with Gasteiger partial charge in [-0.2, -0.15) is 0 Å². The summed E-state index contributed by atoms with van der Waals surface area (Å²) >= 11 is 5.78. The second-order valence-electron chi connectivity index (χ2n) is 6.49. The van der Waals surface area contributed by atoms with E-state index in [-0.39, 0.29) is 11.8 Å². The van der Waals surface area contributed by atoms with Crippen LogP contribution in [0.2, 0.25) is 5.02 Å². The largest absolute Gasteiger partial charge is 0.342 e. The van der Waals surface area contributed by atoms with Crippen LogP contribution in [0.15, 0.2) is 18.3 Å². The van der Waals surface area contributed by atoms with Gasteiger partial charge in [-0.3, -0.25) is 14.5 Å². The molecule has 1 aromatic heterocycles. The average molecular weight is 351 g/mol. The van der Waals surface area contributed by atoms with Crippen LogP contribution in [-0.2, 0) is 9.59 Å². The summed E-state index contributed by atoms with van der Waals surface area (Å²) in [4.78, 5) is 32.6. The molecule has 1 aromatic rings. The van der Waals surface area contributed by atoms with Crippen LogP contribution in [0.1, 0.15) is 25.7 Å². The molecule has 2 aliphatic heterocycles. The van der Waals surface area contributed by atoms with E-state index in [4.69, 9.17) is 11.6 Å². The standard InChI is InChI=1S/C17H23ClN4O2/c18-14-3-4-15(19-11-14)20-16(23)12-21-9-5-13(6-10-21)17(24)22-7-1-2-8-22/h3-4,11,13H,1-2,5-10,12H2,(H,19,20,23). The molecule has 3 heterocycles. The Morgan fingerprint density at radius 2 is 1.88 bits per heavy atom. The molecule has 0 unspecified atom stereocenters. The average Bonchev–Trinajstić information content (AvgIpc) is 3.11. The highest BCUT2D eigenvalue weighted by atomic mass is 35.5. The number of likely N-dealkylation sites (tertiary alicyclic amines) is 2. The second-order valence-corrected chi connectivity index (χ2v) is 6.93. The van der Waals surface area contributed by atoms with Crippen LogP contribution < -0.4 is 5.32 Å². The first-order valence-electron chi connectivity index (χ1n) is 8.54. The maximum atomic E-state index is 12.4. The third-order valence-electron chi connectivity index (χ3n) is 4.72. The summed E-state index contributed by atoms with van der Waals surface area (Å²) in [7, 11) is 0. The van der Waals surface area contributed by atoms with Gasteiger partial charge in [0.2, 0.25) is 11.8 Å². The third kappa shape index (κ3) is 4.45. The smallest absolute Gasteiger partial charge is 0.239 e. The third-order valence-corrected chi connectivity index (χ3v) is 4.94. The van der Waals surface area contributed by atoms with Crippen molar-refractivity contribution in [2.24, 2.45) is 5.92 Å². The number of nitrogens with zero attached hydrogens (tertiary/aromatic N) is 3. The van der Waals surface area contributed by atoms with E-state index < -0.39 is 0 Å². The minimum Gasteiger partial charge on any atom is -0.342 e. The van der Waals surface area contributed by atoms with Crippen LogP contribution in [0.5, 0.6) is 0 Å². The van der Waals surface area contributed by atoms with E-state index in [1.807, 2.05) is 4.90 Å². The lowest BCUT2D eigenvalue weighted by Crippen LogP contribution is -2.43. The second kappa shape index (κ2) is 7.94. The normalized spacial score (nSPS) is 19.5. The lowest BCUT2D eigenvalue weighted by molar-refractivity contribution is -0.136. The van der Waals surface area contributed by atoms with E-state index in [1.54, 1.807) is 12.1 Å². The molecule has 3 rings (SSSR count). The first kappa shape index (κ1) is 17.2. The number of anilines is 1. The minimum absolute atomic E-state index is 0.0888. The summed E-state index contributed by atoms with van der Waals surface area (Å²) in [5.74, 6) is 0.847. The zero-order chi connectivity index (χ0) is 16.9. The Hall–Kier alpha value is -1.66. The van der Waals surface area contributed by atoms with Gasteiger partial charge in [0.1, 0.15) is 5.82 Å². The van der Waals surface area contributed by atoms with Gasteiger partial charge in [0.25, 0.3) is 0 Å². The van der Waals surface area contributed by atoms with Gasteiger partial charge in [-0.15, -0.1) is 0 Å². The number of piperidine rings is 1. The molecule has 0 aliphatic carbocycles. The predicted octanol–water partition coefficient (Wildman–Crippen LogP) is 2.01. The van der Waals surface area contributed by atoms with Crippen molar-refractivity contribution >= 4 is 29.2 Å². The van der Waals surface area contributed by atoms with Gasteiger partial charge in [0.15, 0.2) is 0 Å². The number of amides is 2. The van der Waals surface area contributed by atoms with E-state index >= 15 is 0 Å². The Morgan fingerprint density at radius 1 is 1.17 bits per heavy atom. The number of halogens is 1. The van der Waals surface area contributed by atoms with Crippen LogP contribution in [0.4, 0.5) is 5.82 Å². The van der Waals surface area contributed by atoms with E-state index in [9.17, 15) is 9.59 Å².